The average molecular weight is 373 g/mol. The molecule has 0 spiro atoms. The molecule has 1 N–H and O–H groups in total. The summed E-state index contributed by atoms with van der Waals surface area (Å²) in [6.45, 7) is 4.18. The second-order valence-electron chi connectivity index (χ2n) is 5.84. The van der Waals surface area contributed by atoms with Crippen LogP contribution in [-0.4, -0.2) is 43.0 Å². The van der Waals surface area contributed by atoms with Crippen LogP contribution in [0.2, 0.25) is 10.0 Å². The molecule has 1 heterocycles. The molecular weight excluding hydrogens is 351 g/mol. The summed E-state index contributed by atoms with van der Waals surface area (Å²) >= 11 is 11.9. The summed E-state index contributed by atoms with van der Waals surface area (Å²) in [6, 6.07) is 5.19. The second kappa shape index (κ2) is 9.25. The topological polar surface area (TPSA) is 58.6 Å². The first kappa shape index (κ1) is 19.0. The molecule has 7 heteroatoms. The van der Waals surface area contributed by atoms with Gasteiger partial charge in [-0.1, -0.05) is 29.3 Å². The smallest absolute Gasteiger partial charge is 0.310 e. The first-order chi connectivity index (χ1) is 11.5. The van der Waals surface area contributed by atoms with E-state index in [4.69, 9.17) is 27.9 Å². The van der Waals surface area contributed by atoms with Gasteiger partial charge in [-0.2, -0.15) is 0 Å². The molecule has 132 valence electrons. The van der Waals surface area contributed by atoms with Crippen LogP contribution in [0.15, 0.2) is 18.2 Å². The molecule has 0 radical (unpaired) electrons. The van der Waals surface area contributed by atoms with Crippen molar-refractivity contribution in [3.8, 4) is 0 Å². The highest BCUT2D eigenvalue weighted by Crippen LogP contribution is 2.21. The Balaban J connectivity index is 1.80. The van der Waals surface area contributed by atoms with Crippen LogP contribution in [0.1, 0.15) is 25.3 Å². The number of halogens is 2. The number of likely N-dealkylation sites (tertiary alicyclic amines) is 1. The van der Waals surface area contributed by atoms with Crippen molar-refractivity contribution in [1.29, 1.82) is 0 Å². The van der Waals surface area contributed by atoms with Crippen molar-refractivity contribution >= 4 is 35.1 Å². The van der Waals surface area contributed by atoms with E-state index in [-0.39, 0.29) is 24.3 Å². The number of piperidine rings is 1. The molecule has 1 aliphatic heterocycles. The Morgan fingerprint density at radius 2 is 2.17 bits per heavy atom. The van der Waals surface area contributed by atoms with E-state index in [9.17, 15) is 9.59 Å². The van der Waals surface area contributed by atoms with Gasteiger partial charge in [0.15, 0.2) is 0 Å². The predicted octanol–water partition coefficient (Wildman–Crippen LogP) is 2.88. The molecule has 1 aromatic rings. The molecule has 1 atom stereocenters. The number of esters is 1. The molecule has 1 saturated heterocycles. The van der Waals surface area contributed by atoms with Crippen LogP contribution in [0, 0.1) is 5.92 Å². The Morgan fingerprint density at radius 1 is 1.38 bits per heavy atom. The van der Waals surface area contributed by atoms with Gasteiger partial charge in [0.05, 0.1) is 19.1 Å². The molecule has 5 nitrogen and oxygen atoms in total. The maximum Gasteiger partial charge on any atom is 0.310 e. The highest BCUT2D eigenvalue weighted by Gasteiger charge is 2.27. The van der Waals surface area contributed by atoms with E-state index < -0.39 is 0 Å². The van der Waals surface area contributed by atoms with Crippen LogP contribution in [-0.2, 0) is 20.9 Å². The van der Waals surface area contributed by atoms with Crippen molar-refractivity contribution in [3.05, 3.63) is 33.8 Å². The van der Waals surface area contributed by atoms with E-state index >= 15 is 0 Å². The zero-order valence-corrected chi connectivity index (χ0v) is 15.2. The highest BCUT2D eigenvalue weighted by atomic mass is 35.5. The lowest BCUT2D eigenvalue weighted by molar-refractivity contribution is -0.150. The normalized spacial score (nSPS) is 18.2. The van der Waals surface area contributed by atoms with Crippen LogP contribution in [0.5, 0.6) is 0 Å². The van der Waals surface area contributed by atoms with Crippen LogP contribution in [0.25, 0.3) is 0 Å². The van der Waals surface area contributed by atoms with Gasteiger partial charge in [-0.15, -0.1) is 0 Å². The molecule has 1 unspecified atom stereocenters. The van der Waals surface area contributed by atoms with Gasteiger partial charge in [-0.3, -0.25) is 14.5 Å². The molecule has 24 heavy (non-hydrogen) atoms. The summed E-state index contributed by atoms with van der Waals surface area (Å²) in [5.74, 6) is -0.404. The number of carbonyl (C=O) groups is 2. The molecule has 0 saturated carbocycles. The number of amides is 1. The molecule has 1 aromatic carbocycles. The van der Waals surface area contributed by atoms with Crippen molar-refractivity contribution in [2.75, 3.05) is 26.2 Å². The number of rotatable bonds is 6. The van der Waals surface area contributed by atoms with E-state index in [0.717, 1.165) is 24.9 Å². The number of hydrogen-bond donors (Lipinski definition) is 1. The van der Waals surface area contributed by atoms with Gasteiger partial charge >= 0.3 is 5.97 Å². The van der Waals surface area contributed by atoms with Crippen LogP contribution < -0.4 is 5.32 Å². The Labute approximate surface area is 152 Å². The van der Waals surface area contributed by atoms with Crippen molar-refractivity contribution in [2.24, 2.45) is 5.92 Å². The van der Waals surface area contributed by atoms with Crippen LogP contribution in [0.3, 0.4) is 0 Å². The second-order valence-corrected chi connectivity index (χ2v) is 6.68. The minimum absolute atomic E-state index is 0.0921. The molecule has 1 aliphatic rings. The summed E-state index contributed by atoms with van der Waals surface area (Å²) < 4.78 is 5.07. The third-order valence-electron chi connectivity index (χ3n) is 3.98. The third-order valence-corrected chi connectivity index (χ3v) is 4.57. The fourth-order valence-electron chi connectivity index (χ4n) is 2.77. The Bertz CT molecular complexity index is 595. The van der Waals surface area contributed by atoms with Crippen molar-refractivity contribution in [3.63, 3.8) is 0 Å². The number of nitrogens with one attached hydrogen (secondary N) is 1. The maximum absolute atomic E-state index is 12.1. The van der Waals surface area contributed by atoms with E-state index in [1.807, 2.05) is 4.90 Å². The van der Waals surface area contributed by atoms with E-state index in [0.29, 0.717) is 29.7 Å². The SMILES string of the molecule is CCOC(=O)C1CCCN(CC(=O)NCc2ccc(Cl)cc2Cl)C1. The predicted molar refractivity (Wildman–Crippen MR) is 94.1 cm³/mol. The van der Waals surface area contributed by atoms with Gasteiger partial charge in [0, 0.05) is 23.1 Å². The van der Waals surface area contributed by atoms with E-state index in [1.54, 1.807) is 25.1 Å². The number of carbonyl (C=O) groups excluding carboxylic acids is 2. The van der Waals surface area contributed by atoms with E-state index in [2.05, 4.69) is 5.32 Å². The van der Waals surface area contributed by atoms with Gasteiger partial charge in [-0.05, 0) is 44.0 Å². The molecule has 1 fully saturated rings. The summed E-state index contributed by atoms with van der Waals surface area (Å²) in [6.07, 6.45) is 1.71. The lowest BCUT2D eigenvalue weighted by Crippen LogP contribution is -2.44. The lowest BCUT2D eigenvalue weighted by Gasteiger charge is -2.30. The summed E-state index contributed by atoms with van der Waals surface area (Å²) in [5.41, 5.74) is 0.817. The first-order valence-electron chi connectivity index (χ1n) is 8.09. The van der Waals surface area contributed by atoms with Gasteiger partial charge in [-0.25, -0.2) is 0 Å². The van der Waals surface area contributed by atoms with Gasteiger partial charge in [0.2, 0.25) is 5.91 Å². The average Bonchev–Trinajstić information content (AvgIpc) is 2.54. The minimum atomic E-state index is -0.171. The summed E-state index contributed by atoms with van der Waals surface area (Å²) in [7, 11) is 0. The Kier molecular flexibility index (Phi) is 7.34. The minimum Gasteiger partial charge on any atom is -0.466 e. The van der Waals surface area contributed by atoms with Crippen LogP contribution in [0.4, 0.5) is 0 Å². The van der Waals surface area contributed by atoms with Crippen molar-refractivity contribution in [2.45, 2.75) is 26.3 Å². The number of ether oxygens (including phenoxy) is 1. The fraction of sp³-hybridized carbons (Fsp3) is 0.529. The van der Waals surface area contributed by atoms with E-state index in [1.165, 1.54) is 0 Å². The fourth-order valence-corrected chi connectivity index (χ4v) is 3.24. The number of benzene rings is 1. The first-order valence-corrected chi connectivity index (χ1v) is 8.84. The summed E-state index contributed by atoms with van der Waals surface area (Å²) in [5, 5.41) is 3.95. The molecule has 0 bridgehead atoms. The van der Waals surface area contributed by atoms with Gasteiger partial charge in [0.1, 0.15) is 0 Å². The Hall–Kier alpha value is -1.30. The number of hydrogen-bond acceptors (Lipinski definition) is 4. The van der Waals surface area contributed by atoms with Crippen molar-refractivity contribution < 1.29 is 14.3 Å². The van der Waals surface area contributed by atoms with Gasteiger partial charge < -0.3 is 10.1 Å². The molecule has 2 rings (SSSR count). The quantitative estimate of drug-likeness (QED) is 0.779. The molecule has 0 aromatic heterocycles. The monoisotopic (exact) mass is 372 g/mol. The lowest BCUT2D eigenvalue weighted by atomic mass is 9.98. The molecule has 0 aliphatic carbocycles. The summed E-state index contributed by atoms with van der Waals surface area (Å²) in [4.78, 5) is 25.9. The number of nitrogens with zero attached hydrogens (tertiary/aromatic N) is 1. The van der Waals surface area contributed by atoms with Crippen molar-refractivity contribution in [1.82, 2.24) is 10.2 Å². The standard InChI is InChI=1S/C17H22Cl2N2O3/c1-2-24-17(23)13-4-3-7-21(10-13)11-16(22)20-9-12-5-6-14(18)8-15(12)19/h5-6,8,13H,2-4,7,9-11H2,1H3,(H,20,22). The largest absolute Gasteiger partial charge is 0.466 e. The Morgan fingerprint density at radius 3 is 2.88 bits per heavy atom. The zero-order chi connectivity index (χ0) is 17.5. The molecular formula is C17H22Cl2N2O3. The van der Waals surface area contributed by atoms with Gasteiger partial charge in [0.25, 0.3) is 0 Å². The zero-order valence-electron chi connectivity index (χ0n) is 13.7. The molecule has 1 amide bonds. The highest BCUT2D eigenvalue weighted by molar-refractivity contribution is 6.35. The van der Waals surface area contributed by atoms with Crippen LogP contribution >= 0.6 is 23.2 Å². The third kappa shape index (κ3) is 5.65. The maximum atomic E-state index is 12.1.